The van der Waals surface area contributed by atoms with Crippen molar-refractivity contribution in [3.8, 4) is 5.75 Å². The monoisotopic (exact) mass is 383 g/mol. The number of likely N-dealkylation sites (tertiary alicyclic amines) is 1. The molecule has 0 aliphatic carbocycles. The van der Waals surface area contributed by atoms with E-state index in [1.807, 2.05) is 54.6 Å². The minimum atomic E-state index is -1.02. The topological polar surface area (TPSA) is 76.1 Å². The van der Waals surface area contributed by atoms with Gasteiger partial charge in [-0.05, 0) is 36.1 Å². The molecule has 3 rings (SSSR count). The first-order valence-corrected chi connectivity index (χ1v) is 9.29. The minimum Gasteiger partial charge on any atom is -0.497 e. The van der Waals surface area contributed by atoms with Crippen molar-refractivity contribution in [3.63, 3.8) is 0 Å². The Morgan fingerprint density at radius 3 is 2.50 bits per heavy atom. The van der Waals surface area contributed by atoms with Crippen molar-refractivity contribution in [2.75, 3.05) is 13.7 Å². The zero-order valence-electron chi connectivity index (χ0n) is 15.9. The third-order valence-corrected chi connectivity index (χ3v) is 5.28. The molecule has 2 aromatic rings. The van der Waals surface area contributed by atoms with Gasteiger partial charge in [0.05, 0.1) is 31.9 Å². The molecule has 6 nitrogen and oxygen atoms in total. The maximum Gasteiger partial charge on any atom is 0.407 e. The van der Waals surface area contributed by atoms with Gasteiger partial charge in [-0.3, -0.25) is 4.90 Å². The van der Waals surface area contributed by atoms with Gasteiger partial charge in [0.15, 0.2) is 0 Å². The molecule has 1 heterocycles. The van der Waals surface area contributed by atoms with E-state index in [-0.39, 0.29) is 19.1 Å². The third-order valence-electron chi connectivity index (χ3n) is 5.28. The van der Waals surface area contributed by atoms with Crippen LogP contribution in [0.4, 0.5) is 4.79 Å². The van der Waals surface area contributed by atoms with Crippen molar-refractivity contribution >= 4 is 12.4 Å². The first-order chi connectivity index (χ1) is 13.6. The maximum atomic E-state index is 11.9. The summed E-state index contributed by atoms with van der Waals surface area (Å²) in [5.41, 5.74) is 1.21. The number of carboxylic acid groups (broad SMARTS) is 1. The molecule has 28 heavy (non-hydrogen) atoms. The smallest absolute Gasteiger partial charge is 0.407 e. The molecule has 0 aromatic heterocycles. The van der Waals surface area contributed by atoms with Gasteiger partial charge in [0, 0.05) is 6.42 Å². The highest BCUT2D eigenvalue weighted by Crippen LogP contribution is 2.37. The number of ether oxygens (including phenoxy) is 2. The molecule has 0 spiro atoms. The SMILES string of the molecule is COc1ccc(CO[C@H]2CN(C(=O)O)[C@](CC=O)(Cc3ccccc3)C2)cc1. The number of hydrogen-bond donors (Lipinski definition) is 1. The van der Waals surface area contributed by atoms with E-state index in [2.05, 4.69) is 0 Å². The van der Waals surface area contributed by atoms with E-state index in [1.54, 1.807) is 7.11 Å². The third kappa shape index (κ3) is 4.51. The fraction of sp³-hybridized carbons (Fsp3) is 0.364. The molecule has 148 valence electrons. The van der Waals surface area contributed by atoms with Crippen LogP contribution in [-0.2, 0) is 22.6 Å². The summed E-state index contributed by atoms with van der Waals surface area (Å²) < 4.78 is 11.2. The maximum absolute atomic E-state index is 11.9. The highest BCUT2D eigenvalue weighted by Gasteiger charge is 2.48. The van der Waals surface area contributed by atoms with E-state index in [9.17, 15) is 14.7 Å². The van der Waals surface area contributed by atoms with Crippen molar-refractivity contribution in [2.24, 2.45) is 0 Å². The number of methoxy groups -OCH3 is 1. The second-order valence-electron chi connectivity index (χ2n) is 7.14. The quantitative estimate of drug-likeness (QED) is 0.706. The summed E-state index contributed by atoms with van der Waals surface area (Å²) in [5, 5.41) is 9.75. The molecule has 1 aliphatic heterocycles. The average Bonchev–Trinajstić information content (AvgIpc) is 3.06. The van der Waals surface area contributed by atoms with Gasteiger partial charge in [0.1, 0.15) is 12.0 Å². The number of aldehydes is 1. The Kier molecular flexibility index (Phi) is 6.31. The molecule has 1 N–H and O–H groups in total. The molecule has 0 saturated carbocycles. The molecule has 1 saturated heterocycles. The Bertz CT molecular complexity index is 792. The van der Waals surface area contributed by atoms with E-state index in [1.165, 1.54) is 4.90 Å². The molecular weight excluding hydrogens is 358 g/mol. The Labute approximate surface area is 164 Å². The van der Waals surface area contributed by atoms with Gasteiger partial charge in [0.2, 0.25) is 0 Å². The normalized spacial score (nSPS) is 21.5. The van der Waals surface area contributed by atoms with Crippen LogP contribution in [0.15, 0.2) is 54.6 Å². The van der Waals surface area contributed by atoms with Crippen LogP contribution in [-0.4, -0.2) is 47.7 Å². The second-order valence-corrected chi connectivity index (χ2v) is 7.14. The first-order valence-electron chi connectivity index (χ1n) is 9.29. The van der Waals surface area contributed by atoms with Crippen LogP contribution in [0.3, 0.4) is 0 Å². The van der Waals surface area contributed by atoms with E-state index < -0.39 is 11.6 Å². The highest BCUT2D eigenvalue weighted by atomic mass is 16.5. The number of amides is 1. The molecule has 2 aromatic carbocycles. The van der Waals surface area contributed by atoms with Gasteiger partial charge in [-0.1, -0.05) is 42.5 Å². The molecule has 6 heteroatoms. The average molecular weight is 383 g/mol. The molecule has 2 atom stereocenters. The van der Waals surface area contributed by atoms with Crippen LogP contribution in [0.25, 0.3) is 0 Å². The van der Waals surface area contributed by atoms with Gasteiger partial charge >= 0.3 is 6.09 Å². The van der Waals surface area contributed by atoms with E-state index in [4.69, 9.17) is 9.47 Å². The molecule has 1 fully saturated rings. The largest absolute Gasteiger partial charge is 0.497 e. The lowest BCUT2D eigenvalue weighted by Gasteiger charge is -2.35. The Hall–Kier alpha value is -2.86. The number of rotatable bonds is 8. The van der Waals surface area contributed by atoms with Crippen LogP contribution in [0, 0.1) is 0 Å². The van der Waals surface area contributed by atoms with E-state index in [0.29, 0.717) is 19.4 Å². The van der Waals surface area contributed by atoms with Crippen LogP contribution in [0.1, 0.15) is 24.0 Å². The molecule has 0 bridgehead atoms. The van der Waals surface area contributed by atoms with Gasteiger partial charge in [-0.2, -0.15) is 0 Å². The summed E-state index contributed by atoms with van der Waals surface area (Å²) in [4.78, 5) is 24.7. The predicted molar refractivity (Wildman–Crippen MR) is 104 cm³/mol. The zero-order chi connectivity index (χ0) is 20.0. The van der Waals surface area contributed by atoms with Crippen molar-refractivity contribution in [2.45, 2.75) is 37.5 Å². The number of nitrogens with zero attached hydrogens (tertiary/aromatic N) is 1. The summed E-state index contributed by atoms with van der Waals surface area (Å²) in [7, 11) is 1.61. The zero-order valence-corrected chi connectivity index (χ0v) is 15.9. The fourth-order valence-corrected chi connectivity index (χ4v) is 3.89. The summed E-state index contributed by atoms with van der Waals surface area (Å²) in [5.74, 6) is 0.773. The summed E-state index contributed by atoms with van der Waals surface area (Å²) >= 11 is 0. The van der Waals surface area contributed by atoms with Crippen molar-refractivity contribution < 1.29 is 24.2 Å². The van der Waals surface area contributed by atoms with Gasteiger partial charge < -0.3 is 19.4 Å². The van der Waals surface area contributed by atoms with Crippen molar-refractivity contribution in [1.29, 1.82) is 0 Å². The van der Waals surface area contributed by atoms with Crippen LogP contribution in [0.2, 0.25) is 0 Å². The number of benzene rings is 2. The first kappa shape index (κ1) is 19.9. The lowest BCUT2D eigenvalue weighted by Crippen LogP contribution is -2.48. The number of carbonyl (C=O) groups is 2. The molecule has 1 aliphatic rings. The van der Waals surface area contributed by atoms with Crippen molar-refractivity contribution in [3.05, 3.63) is 65.7 Å². The van der Waals surface area contributed by atoms with Gasteiger partial charge in [0.25, 0.3) is 0 Å². The lowest BCUT2D eigenvalue weighted by atomic mass is 9.85. The fourth-order valence-electron chi connectivity index (χ4n) is 3.89. The summed E-state index contributed by atoms with van der Waals surface area (Å²) in [6.07, 6.45) is 0.654. The summed E-state index contributed by atoms with van der Waals surface area (Å²) in [6, 6.07) is 17.2. The number of hydrogen-bond acceptors (Lipinski definition) is 4. The highest BCUT2D eigenvalue weighted by molar-refractivity contribution is 5.68. The van der Waals surface area contributed by atoms with Crippen LogP contribution in [0.5, 0.6) is 5.75 Å². The Balaban J connectivity index is 1.73. The van der Waals surface area contributed by atoms with E-state index >= 15 is 0 Å². The predicted octanol–water partition coefficient (Wildman–Crippen LogP) is 3.53. The molecule has 0 unspecified atom stereocenters. The Morgan fingerprint density at radius 2 is 1.89 bits per heavy atom. The van der Waals surface area contributed by atoms with Crippen molar-refractivity contribution in [1.82, 2.24) is 4.90 Å². The minimum absolute atomic E-state index is 0.149. The molecule has 0 radical (unpaired) electrons. The second kappa shape index (κ2) is 8.89. The van der Waals surface area contributed by atoms with Gasteiger partial charge in [-0.15, -0.1) is 0 Å². The van der Waals surface area contributed by atoms with Gasteiger partial charge in [-0.25, -0.2) is 4.79 Å². The molecule has 1 amide bonds. The Morgan fingerprint density at radius 1 is 1.18 bits per heavy atom. The standard InChI is InChI=1S/C22H25NO5/c1-27-19-9-7-18(8-10-19)16-28-20-14-22(11-12-24,23(15-20)21(25)26)13-17-5-3-2-4-6-17/h2-10,12,20H,11,13-16H2,1H3,(H,25,26)/t20-,22-/m1/s1. The lowest BCUT2D eigenvalue weighted by molar-refractivity contribution is -0.109. The molecular formula is C22H25NO5. The van der Waals surface area contributed by atoms with Crippen LogP contribution >= 0.6 is 0 Å². The van der Waals surface area contributed by atoms with Crippen LogP contribution < -0.4 is 4.74 Å². The number of carbonyl (C=O) groups excluding carboxylic acids is 1. The summed E-state index contributed by atoms with van der Waals surface area (Å²) in [6.45, 7) is 0.636. The van der Waals surface area contributed by atoms with E-state index in [0.717, 1.165) is 23.2 Å².